The summed E-state index contributed by atoms with van der Waals surface area (Å²) in [5.74, 6) is 1.03. The van der Waals surface area contributed by atoms with Gasteiger partial charge in [-0.15, -0.1) is 0 Å². The Morgan fingerprint density at radius 2 is 2.22 bits per heavy atom. The Kier molecular flexibility index (Phi) is 3.44. The summed E-state index contributed by atoms with van der Waals surface area (Å²) >= 11 is 0. The summed E-state index contributed by atoms with van der Waals surface area (Å²) in [6.45, 7) is 3.08. The van der Waals surface area contributed by atoms with Crippen molar-refractivity contribution >= 4 is 0 Å². The summed E-state index contributed by atoms with van der Waals surface area (Å²) in [7, 11) is 0. The molecule has 1 saturated heterocycles. The molecule has 1 aliphatic heterocycles. The molecule has 1 aromatic rings. The van der Waals surface area contributed by atoms with E-state index in [4.69, 9.17) is 9.15 Å². The highest BCUT2D eigenvalue weighted by Crippen LogP contribution is 2.40. The van der Waals surface area contributed by atoms with E-state index in [1.54, 1.807) is 6.26 Å². The van der Waals surface area contributed by atoms with E-state index in [0.29, 0.717) is 12.1 Å². The fraction of sp³-hybridized carbons (Fsp3) is 0.733. The molecule has 100 valence electrons. The van der Waals surface area contributed by atoms with Gasteiger partial charge in [0, 0.05) is 12.6 Å². The first-order valence-electron chi connectivity index (χ1n) is 7.21. The van der Waals surface area contributed by atoms with Gasteiger partial charge in [-0.05, 0) is 44.7 Å². The van der Waals surface area contributed by atoms with Crippen molar-refractivity contribution in [2.45, 2.75) is 63.1 Å². The third-order valence-electron chi connectivity index (χ3n) is 4.46. The molecule has 2 atom stereocenters. The molecule has 1 unspecified atom stereocenters. The summed E-state index contributed by atoms with van der Waals surface area (Å²) < 4.78 is 11.5. The number of hydrogen-bond acceptors (Lipinski definition) is 3. The topological polar surface area (TPSA) is 34.4 Å². The Morgan fingerprint density at radius 1 is 1.39 bits per heavy atom. The van der Waals surface area contributed by atoms with Gasteiger partial charge in [-0.1, -0.05) is 12.8 Å². The van der Waals surface area contributed by atoms with Crippen molar-refractivity contribution in [2.75, 3.05) is 6.61 Å². The van der Waals surface area contributed by atoms with E-state index in [1.165, 1.54) is 25.7 Å². The lowest BCUT2D eigenvalue weighted by atomic mass is 9.88. The van der Waals surface area contributed by atoms with Crippen LogP contribution in [0, 0.1) is 0 Å². The summed E-state index contributed by atoms with van der Waals surface area (Å²) in [5, 5.41) is 3.70. The van der Waals surface area contributed by atoms with Gasteiger partial charge in [0.15, 0.2) is 0 Å². The monoisotopic (exact) mass is 249 g/mol. The van der Waals surface area contributed by atoms with Gasteiger partial charge in [-0.3, -0.25) is 0 Å². The van der Waals surface area contributed by atoms with Crippen LogP contribution in [0.4, 0.5) is 0 Å². The van der Waals surface area contributed by atoms with Crippen LogP contribution >= 0.6 is 0 Å². The van der Waals surface area contributed by atoms with Crippen LogP contribution in [0.5, 0.6) is 0 Å². The minimum absolute atomic E-state index is 0.193. The highest BCUT2D eigenvalue weighted by Gasteiger charge is 2.40. The first kappa shape index (κ1) is 12.2. The predicted octanol–water partition coefficient (Wildman–Crippen LogP) is 3.42. The molecule has 1 aliphatic carbocycles. The van der Waals surface area contributed by atoms with Crippen molar-refractivity contribution in [3.8, 4) is 0 Å². The third-order valence-corrected chi connectivity index (χ3v) is 4.46. The van der Waals surface area contributed by atoms with Gasteiger partial charge in [0.05, 0.1) is 17.9 Å². The number of ether oxygens (including phenoxy) is 1. The van der Waals surface area contributed by atoms with E-state index in [1.807, 2.05) is 12.1 Å². The molecule has 1 N–H and O–H groups in total. The molecule has 1 aromatic heterocycles. The van der Waals surface area contributed by atoms with Crippen LogP contribution in [-0.2, 0) is 4.74 Å². The van der Waals surface area contributed by atoms with Crippen molar-refractivity contribution in [3.63, 3.8) is 0 Å². The molecule has 0 bridgehead atoms. The fourth-order valence-electron chi connectivity index (χ4n) is 3.51. The van der Waals surface area contributed by atoms with E-state index in [2.05, 4.69) is 12.2 Å². The van der Waals surface area contributed by atoms with Crippen molar-refractivity contribution in [2.24, 2.45) is 0 Å². The summed E-state index contributed by atoms with van der Waals surface area (Å²) in [6, 6.07) is 4.86. The molecule has 3 rings (SSSR count). The first-order valence-corrected chi connectivity index (χ1v) is 7.21. The van der Waals surface area contributed by atoms with E-state index in [0.717, 1.165) is 25.2 Å². The lowest BCUT2D eigenvalue weighted by Gasteiger charge is -2.39. The van der Waals surface area contributed by atoms with Gasteiger partial charge >= 0.3 is 0 Å². The number of furan rings is 1. The minimum Gasteiger partial charge on any atom is -0.468 e. The molecule has 1 saturated carbocycles. The number of nitrogens with one attached hydrogen (secondary N) is 1. The van der Waals surface area contributed by atoms with Crippen LogP contribution in [0.1, 0.15) is 57.3 Å². The smallest absolute Gasteiger partial charge is 0.120 e. The molecule has 3 heteroatoms. The summed E-state index contributed by atoms with van der Waals surface area (Å²) in [4.78, 5) is 0. The Bertz CT molecular complexity index is 368. The highest BCUT2D eigenvalue weighted by atomic mass is 16.5. The van der Waals surface area contributed by atoms with E-state index in [-0.39, 0.29) is 5.60 Å². The lowest BCUT2D eigenvalue weighted by Crippen LogP contribution is -2.46. The molecule has 0 aromatic carbocycles. The maximum atomic E-state index is 6.07. The lowest BCUT2D eigenvalue weighted by molar-refractivity contribution is -0.0848. The Labute approximate surface area is 109 Å². The quantitative estimate of drug-likeness (QED) is 0.891. The van der Waals surface area contributed by atoms with Crippen LogP contribution in [-0.4, -0.2) is 18.2 Å². The highest BCUT2D eigenvalue weighted by molar-refractivity contribution is 5.04. The van der Waals surface area contributed by atoms with Crippen molar-refractivity contribution in [3.05, 3.63) is 24.2 Å². The largest absolute Gasteiger partial charge is 0.468 e. The van der Waals surface area contributed by atoms with Crippen molar-refractivity contribution in [1.82, 2.24) is 5.32 Å². The second-order valence-corrected chi connectivity index (χ2v) is 5.83. The average Bonchev–Trinajstić information content (AvgIpc) is 3.01. The van der Waals surface area contributed by atoms with Crippen LogP contribution in [0.3, 0.4) is 0 Å². The van der Waals surface area contributed by atoms with Gasteiger partial charge < -0.3 is 14.5 Å². The maximum absolute atomic E-state index is 6.07. The van der Waals surface area contributed by atoms with Crippen molar-refractivity contribution in [1.29, 1.82) is 0 Å². The zero-order valence-electron chi connectivity index (χ0n) is 11.2. The molecule has 0 amide bonds. The van der Waals surface area contributed by atoms with Gasteiger partial charge in [-0.2, -0.15) is 0 Å². The number of hydrogen-bond donors (Lipinski definition) is 1. The van der Waals surface area contributed by atoms with Gasteiger partial charge in [0.2, 0.25) is 0 Å². The van der Waals surface area contributed by atoms with E-state index in [9.17, 15) is 0 Å². The predicted molar refractivity (Wildman–Crippen MR) is 70.4 cm³/mol. The van der Waals surface area contributed by atoms with E-state index >= 15 is 0 Å². The van der Waals surface area contributed by atoms with Gasteiger partial charge in [0.25, 0.3) is 0 Å². The number of rotatable bonds is 3. The zero-order chi connectivity index (χ0) is 12.4. The minimum atomic E-state index is 0.193. The van der Waals surface area contributed by atoms with Gasteiger partial charge in [0.1, 0.15) is 5.76 Å². The van der Waals surface area contributed by atoms with Gasteiger partial charge in [-0.25, -0.2) is 0 Å². The Morgan fingerprint density at radius 3 is 2.94 bits per heavy atom. The Hall–Kier alpha value is -0.800. The van der Waals surface area contributed by atoms with E-state index < -0.39 is 0 Å². The van der Waals surface area contributed by atoms with Crippen LogP contribution < -0.4 is 5.32 Å². The molecular weight excluding hydrogens is 226 g/mol. The fourth-order valence-corrected chi connectivity index (χ4v) is 3.51. The maximum Gasteiger partial charge on any atom is 0.120 e. The van der Waals surface area contributed by atoms with Crippen LogP contribution in [0.15, 0.2) is 22.8 Å². The van der Waals surface area contributed by atoms with Crippen LogP contribution in [0.2, 0.25) is 0 Å². The molecule has 18 heavy (non-hydrogen) atoms. The molecule has 1 spiro atoms. The zero-order valence-corrected chi connectivity index (χ0v) is 11.2. The molecule has 2 aliphatic rings. The summed E-state index contributed by atoms with van der Waals surface area (Å²) in [5.41, 5.74) is 0.193. The van der Waals surface area contributed by atoms with Crippen molar-refractivity contribution < 1.29 is 9.15 Å². The first-order chi connectivity index (χ1) is 8.77. The normalized spacial score (nSPS) is 28.6. The SMILES string of the molecule is C[C@@H](NC1CCOC2(CCCC2)C1)c1ccco1. The third kappa shape index (κ3) is 2.47. The Balaban J connectivity index is 1.59. The molecule has 2 fully saturated rings. The molecule has 2 heterocycles. The second-order valence-electron chi connectivity index (χ2n) is 5.83. The van der Waals surface area contributed by atoms with Crippen LogP contribution in [0.25, 0.3) is 0 Å². The average molecular weight is 249 g/mol. The summed E-state index contributed by atoms with van der Waals surface area (Å²) in [6.07, 6.45) is 9.20. The standard InChI is InChI=1S/C15H23NO2/c1-12(14-5-4-9-17-14)16-13-6-10-18-15(11-13)7-2-3-8-15/h4-5,9,12-13,16H,2-3,6-8,10-11H2,1H3/t12-,13?/m1/s1. The molecule has 3 nitrogen and oxygen atoms in total. The molecule has 0 radical (unpaired) electrons. The second kappa shape index (κ2) is 5.06. The molecular formula is C15H23NO2.